The average Bonchev–Trinajstić information content (AvgIpc) is 2.54. The second kappa shape index (κ2) is 3.58. The third-order valence-corrected chi connectivity index (χ3v) is 2.50. The lowest BCUT2D eigenvalue weighted by Crippen LogP contribution is -2.28. The molecule has 12 heavy (non-hydrogen) atoms. The summed E-state index contributed by atoms with van der Waals surface area (Å²) in [6.07, 6.45) is 4.04. The van der Waals surface area contributed by atoms with Gasteiger partial charge in [-0.05, 0) is 35.3 Å². The molecule has 0 saturated carbocycles. The van der Waals surface area contributed by atoms with Crippen molar-refractivity contribution in [1.82, 2.24) is 10.3 Å². The number of oxazole rings is 1. The summed E-state index contributed by atoms with van der Waals surface area (Å²) in [6, 6.07) is 0. The summed E-state index contributed by atoms with van der Waals surface area (Å²) in [7, 11) is 0. The first-order chi connectivity index (χ1) is 5.86. The number of nitrogens with one attached hydrogen (secondary N) is 1. The molecule has 0 aromatic carbocycles. The molecule has 0 aliphatic carbocycles. The van der Waals surface area contributed by atoms with Gasteiger partial charge in [0.05, 0.1) is 0 Å². The zero-order chi connectivity index (χ0) is 8.39. The smallest absolute Gasteiger partial charge is 0.199 e. The average molecular weight is 231 g/mol. The maximum absolute atomic E-state index is 5.31. The molecular weight excluding hydrogens is 220 g/mol. The van der Waals surface area contributed by atoms with Gasteiger partial charge in [-0.15, -0.1) is 0 Å². The van der Waals surface area contributed by atoms with E-state index in [1.54, 1.807) is 6.26 Å². The minimum Gasteiger partial charge on any atom is -0.447 e. The minimum atomic E-state index is 0.463. The monoisotopic (exact) mass is 230 g/mol. The zero-order valence-electron chi connectivity index (χ0n) is 6.72. The summed E-state index contributed by atoms with van der Waals surface area (Å²) in [4.78, 5) is 4.24. The van der Waals surface area contributed by atoms with Crippen molar-refractivity contribution >= 4 is 15.9 Å². The highest BCUT2D eigenvalue weighted by molar-refractivity contribution is 9.10. The number of nitrogens with zero attached hydrogens (tertiary/aromatic N) is 1. The largest absolute Gasteiger partial charge is 0.447 e. The normalized spacial score (nSPS) is 24.2. The lowest BCUT2D eigenvalue weighted by Gasteiger charge is -2.19. The van der Waals surface area contributed by atoms with E-state index in [-0.39, 0.29) is 0 Å². The molecule has 1 fully saturated rings. The van der Waals surface area contributed by atoms with Crippen LogP contribution in [0.25, 0.3) is 0 Å². The SMILES string of the molecule is Brc1coc([C@@H]2CCCNC2)n1. The van der Waals surface area contributed by atoms with Gasteiger partial charge in [-0.2, -0.15) is 0 Å². The van der Waals surface area contributed by atoms with Gasteiger partial charge in [-0.1, -0.05) is 0 Å². The Labute approximate surface area is 79.7 Å². The Morgan fingerprint density at radius 3 is 3.17 bits per heavy atom. The fourth-order valence-electron chi connectivity index (χ4n) is 1.52. The fraction of sp³-hybridized carbons (Fsp3) is 0.625. The number of aromatic nitrogens is 1. The number of piperidine rings is 1. The molecule has 2 rings (SSSR count). The summed E-state index contributed by atoms with van der Waals surface area (Å²) in [6.45, 7) is 2.12. The van der Waals surface area contributed by atoms with Crippen LogP contribution in [0.4, 0.5) is 0 Å². The molecule has 0 amide bonds. The van der Waals surface area contributed by atoms with Crippen molar-refractivity contribution in [3.63, 3.8) is 0 Å². The van der Waals surface area contributed by atoms with Gasteiger partial charge in [0.15, 0.2) is 5.89 Å². The van der Waals surface area contributed by atoms with E-state index in [0.717, 1.165) is 23.6 Å². The second-order valence-electron chi connectivity index (χ2n) is 3.05. The number of hydrogen-bond donors (Lipinski definition) is 1. The van der Waals surface area contributed by atoms with Crippen molar-refractivity contribution in [2.45, 2.75) is 18.8 Å². The highest BCUT2D eigenvalue weighted by Gasteiger charge is 2.19. The lowest BCUT2D eigenvalue weighted by molar-refractivity contribution is 0.376. The van der Waals surface area contributed by atoms with E-state index in [9.17, 15) is 0 Å². The van der Waals surface area contributed by atoms with Crippen LogP contribution in [0, 0.1) is 0 Å². The fourth-order valence-corrected chi connectivity index (χ4v) is 1.79. The number of halogens is 1. The quantitative estimate of drug-likeness (QED) is 0.802. The van der Waals surface area contributed by atoms with Crippen LogP contribution in [-0.2, 0) is 0 Å². The number of hydrogen-bond acceptors (Lipinski definition) is 3. The molecule has 1 aliphatic rings. The van der Waals surface area contributed by atoms with Gasteiger partial charge >= 0.3 is 0 Å². The second-order valence-corrected chi connectivity index (χ2v) is 3.86. The van der Waals surface area contributed by atoms with E-state index in [0.29, 0.717) is 5.92 Å². The summed E-state index contributed by atoms with van der Waals surface area (Å²) >= 11 is 3.27. The summed E-state index contributed by atoms with van der Waals surface area (Å²) in [5.41, 5.74) is 0. The van der Waals surface area contributed by atoms with Crippen molar-refractivity contribution in [2.75, 3.05) is 13.1 Å². The van der Waals surface area contributed by atoms with Gasteiger partial charge < -0.3 is 9.73 Å². The van der Waals surface area contributed by atoms with Crippen LogP contribution in [0.3, 0.4) is 0 Å². The maximum Gasteiger partial charge on any atom is 0.199 e. The standard InChI is InChI=1S/C8H11BrN2O/c9-7-5-12-8(11-7)6-2-1-3-10-4-6/h5-6,10H,1-4H2/t6-/m1/s1. The molecule has 66 valence electrons. The van der Waals surface area contributed by atoms with Crippen LogP contribution in [0.2, 0.25) is 0 Å². The first-order valence-electron chi connectivity index (χ1n) is 4.18. The Hall–Kier alpha value is -0.350. The van der Waals surface area contributed by atoms with Crippen LogP contribution >= 0.6 is 15.9 Å². The summed E-state index contributed by atoms with van der Waals surface area (Å²) < 4.78 is 6.10. The Morgan fingerprint density at radius 2 is 2.58 bits per heavy atom. The molecule has 1 N–H and O–H groups in total. The Morgan fingerprint density at radius 1 is 1.67 bits per heavy atom. The Kier molecular flexibility index (Phi) is 2.46. The lowest BCUT2D eigenvalue weighted by atomic mass is 10.00. The van der Waals surface area contributed by atoms with Crippen molar-refractivity contribution in [2.24, 2.45) is 0 Å². The Balaban J connectivity index is 2.08. The van der Waals surface area contributed by atoms with Gasteiger partial charge in [0.25, 0.3) is 0 Å². The van der Waals surface area contributed by atoms with Crippen LogP contribution in [-0.4, -0.2) is 18.1 Å². The van der Waals surface area contributed by atoms with E-state index in [1.807, 2.05) is 0 Å². The van der Waals surface area contributed by atoms with Crippen LogP contribution < -0.4 is 5.32 Å². The van der Waals surface area contributed by atoms with Crippen molar-refractivity contribution in [1.29, 1.82) is 0 Å². The van der Waals surface area contributed by atoms with Crippen molar-refractivity contribution < 1.29 is 4.42 Å². The molecule has 1 aliphatic heterocycles. The molecule has 1 atom stereocenters. The van der Waals surface area contributed by atoms with E-state index < -0.39 is 0 Å². The minimum absolute atomic E-state index is 0.463. The van der Waals surface area contributed by atoms with Crippen LogP contribution in [0.5, 0.6) is 0 Å². The molecule has 0 bridgehead atoms. The summed E-state index contributed by atoms with van der Waals surface area (Å²) in [5.74, 6) is 1.32. The van der Waals surface area contributed by atoms with Crippen LogP contribution in [0.1, 0.15) is 24.7 Å². The van der Waals surface area contributed by atoms with Gasteiger partial charge in [0, 0.05) is 12.5 Å². The molecule has 4 heteroatoms. The molecule has 0 unspecified atom stereocenters. The van der Waals surface area contributed by atoms with E-state index in [1.165, 1.54) is 12.8 Å². The highest BCUT2D eigenvalue weighted by atomic mass is 79.9. The predicted octanol–water partition coefficient (Wildman–Crippen LogP) is 1.90. The topological polar surface area (TPSA) is 38.1 Å². The van der Waals surface area contributed by atoms with Crippen molar-refractivity contribution in [3.8, 4) is 0 Å². The van der Waals surface area contributed by atoms with E-state index in [4.69, 9.17) is 4.42 Å². The highest BCUT2D eigenvalue weighted by Crippen LogP contribution is 2.23. The third kappa shape index (κ3) is 1.69. The van der Waals surface area contributed by atoms with Gasteiger partial charge in [-0.25, -0.2) is 4.98 Å². The van der Waals surface area contributed by atoms with Gasteiger partial charge in [0.1, 0.15) is 10.9 Å². The molecule has 1 aromatic heterocycles. The molecule has 3 nitrogen and oxygen atoms in total. The van der Waals surface area contributed by atoms with Crippen molar-refractivity contribution in [3.05, 3.63) is 16.8 Å². The first kappa shape index (κ1) is 8.26. The molecule has 1 saturated heterocycles. The predicted molar refractivity (Wildman–Crippen MR) is 49.0 cm³/mol. The molecule has 2 heterocycles. The molecular formula is C8H11BrN2O. The van der Waals surface area contributed by atoms with Gasteiger partial charge in [0.2, 0.25) is 0 Å². The van der Waals surface area contributed by atoms with E-state index in [2.05, 4.69) is 26.2 Å². The van der Waals surface area contributed by atoms with Crippen LogP contribution in [0.15, 0.2) is 15.3 Å². The molecule has 0 radical (unpaired) electrons. The Bertz CT molecular complexity index is 255. The zero-order valence-corrected chi connectivity index (χ0v) is 8.30. The maximum atomic E-state index is 5.31. The third-order valence-electron chi connectivity index (χ3n) is 2.14. The summed E-state index contributed by atoms with van der Waals surface area (Å²) in [5, 5.41) is 3.33. The van der Waals surface area contributed by atoms with Gasteiger partial charge in [-0.3, -0.25) is 0 Å². The number of rotatable bonds is 1. The molecule has 1 aromatic rings. The first-order valence-corrected chi connectivity index (χ1v) is 4.97. The molecule has 0 spiro atoms. The van der Waals surface area contributed by atoms with E-state index >= 15 is 0 Å².